The first-order valence-corrected chi connectivity index (χ1v) is 13.5. The molecule has 4 heterocycles. The van der Waals surface area contributed by atoms with Gasteiger partial charge in [0, 0.05) is 37.0 Å². The van der Waals surface area contributed by atoms with Crippen molar-refractivity contribution in [1.82, 2.24) is 19.5 Å². The van der Waals surface area contributed by atoms with Gasteiger partial charge in [0.1, 0.15) is 0 Å². The minimum absolute atomic E-state index is 0.127. The number of carbonyl (C=O) groups is 1. The Morgan fingerprint density at radius 3 is 2.69 bits per heavy atom. The number of nitrogens with zero attached hydrogens (tertiary/aromatic N) is 4. The van der Waals surface area contributed by atoms with Gasteiger partial charge < -0.3 is 9.64 Å². The summed E-state index contributed by atoms with van der Waals surface area (Å²) in [6.45, 7) is 1.52. The zero-order chi connectivity index (χ0) is 25.1. The molecule has 6 nitrogen and oxygen atoms in total. The van der Waals surface area contributed by atoms with Gasteiger partial charge in [0.2, 0.25) is 0 Å². The lowest BCUT2D eigenvalue weighted by Crippen LogP contribution is -2.29. The average Bonchev–Trinajstić information content (AvgIpc) is 3.42. The molecule has 3 aromatic heterocycles. The fourth-order valence-electron chi connectivity index (χ4n) is 5.43. The maximum absolute atomic E-state index is 12.9. The smallest absolute Gasteiger partial charge is 0.422 e. The minimum atomic E-state index is -4.34. The van der Waals surface area contributed by atoms with Crippen LogP contribution in [0, 0.1) is 11.8 Å². The van der Waals surface area contributed by atoms with Crippen molar-refractivity contribution < 1.29 is 22.7 Å². The Labute approximate surface area is 212 Å². The summed E-state index contributed by atoms with van der Waals surface area (Å²) in [5.74, 6) is 1.32. The molecule has 0 amide bonds. The van der Waals surface area contributed by atoms with Gasteiger partial charge in [-0.2, -0.15) is 18.3 Å². The number of hydrogen-bond donors (Lipinski definition) is 0. The number of ether oxygens (including phenoxy) is 1. The first kappa shape index (κ1) is 25.2. The van der Waals surface area contributed by atoms with Gasteiger partial charge in [-0.15, -0.1) is 0 Å². The number of fused-ring (bicyclic) bond motifs is 2. The highest BCUT2D eigenvalue weighted by Crippen LogP contribution is 2.34. The molecule has 0 saturated heterocycles. The summed E-state index contributed by atoms with van der Waals surface area (Å²) in [6.07, 6.45) is 7.02. The molecule has 0 aromatic carbocycles. The van der Waals surface area contributed by atoms with Crippen LogP contribution in [0.1, 0.15) is 59.5 Å². The highest BCUT2D eigenvalue weighted by Gasteiger charge is 2.30. The number of ketones is 1. The third-order valence-corrected chi connectivity index (χ3v) is 8.53. The Morgan fingerprint density at radius 2 is 1.89 bits per heavy atom. The van der Waals surface area contributed by atoms with Crippen molar-refractivity contribution in [3.05, 3.63) is 46.7 Å². The topological polar surface area (TPSA) is 59.7 Å². The van der Waals surface area contributed by atoms with Gasteiger partial charge in [-0.25, -0.2) is 9.50 Å². The van der Waals surface area contributed by atoms with E-state index in [9.17, 15) is 18.0 Å². The van der Waals surface area contributed by atoms with Gasteiger partial charge in [0.05, 0.1) is 23.0 Å². The molecule has 5 rings (SSSR count). The maximum Gasteiger partial charge on any atom is 0.422 e. The van der Waals surface area contributed by atoms with Gasteiger partial charge >= 0.3 is 6.18 Å². The lowest BCUT2D eigenvalue weighted by molar-refractivity contribution is -0.153. The SMILES string of the molecule is O=C(CC1CCC(CCN2CCc3nc(OCC(F)(F)F)sc3CC2)CC1)c1cnn2ccccc12. The van der Waals surface area contributed by atoms with Gasteiger partial charge in [0.25, 0.3) is 5.19 Å². The normalized spacial score (nSPS) is 21.3. The average molecular weight is 521 g/mol. The van der Waals surface area contributed by atoms with Crippen molar-refractivity contribution >= 4 is 22.6 Å². The maximum atomic E-state index is 12.9. The lowest BCUT2D eigenvalue weighted by Gasteiger charge is -2.30. The standard InChI is InChI=1S/C26H31F3N4O2S/c27-26(28,29)17-35-25-31-21-9-13-32(14-10-24(21)36-25)12-8-18-4-6-19(7-5-18)15-23(34)20-16-30-33-11-2-1-3-22(20)33/h1-3,11,16,18-19H,4-10,12-15,17H2. The molecule has 10 heteroatoms. The van der Waals surface area contributed by atoms with E-state index in [1.807, 2.05) is 24.4 Å². The van der Waals surface area contributed by atoms with Gasteiger partial charge in [-0.1, -0.05) is 30.2 Å². The zero-order valence-electron chi connectivity index (χ0n) is 20.2. The Morgan fingerprint density at radius 1 is 1.11 bits per heavy atom. The summed E-state index contributed by atoms with van der Waals surface area (Å²) in [4.78, 5) is 20.7. The van der Waals surface area contributed by atoms with Crippen LogP contribution in [0.3, 0.4) is 0 Å². The molecule has 194 valence electrons. The van der Waals surface area contributed by atoms with E-state index < -0.39 is 12.8 Å². The highest BCUT2D eigenvalue weighted by molar-refractivity contribution is 7.13. The number of Topliss-reactive ketones (excluding diaryl/α,β-unsaturated/α-hetero) is 1. The van der Waals surface area contributed by atoms with Crippen LogP contribution in [0.4, 0.5) is 13.2 Å². The number of halogens is 3. The molecule has 0 bridgehead atoms. The number of alkyl halides is 3. The summed E-state index contributed by atoms with van der Waals surface area (Å²) in [7, 11) is 0. The van der Waals surface area contributed by atoms with E-state index in [4.69, 9.17) is 4.74 Å². The molecule has 0 atom stereocenters. The van der Waals surface area contributed by atoms with Crippen LogP contribution >= 0.6 is 11.3 Å². The third kappa shape index (κ3) is 6.26. The van der Waals surface area contributed by atoms with Crippen LogP contribution in [-0.4, -0.2) is 57.7 Å². The lowest BCUT2D eigenvalue weighted by atomic mass is 9.78. The number of pyridine rings is 1. The molecule has 0 radical (unpaired) electrons. The molecular weight excluding hydrogens is 489 g/mol. The predicted molar refractivity (Wildman–Crippen MR) is 132 cm³/mol. The van der Waals surface area contributed by atoms with Gasteiger partial charge in [-0.05, 0) is 56.2 Å². The van der Waals surface area contributed by atoms with Crippen LogP contribution in [0.25, 0.3) is 5.52 Å². The van der Waals surface area contributed by atoms with Crippen molar-refractivity contribution in [2.24, 2.45) is 11.8 Å². The second kappa shape index (κ2) is 10.9. The Bertz CT molecular complexity index is 1160. The van der Waals surface area contributed by atoms with Crippen molar-refractivity contribution in [2.45, 2.75) is 57.5 Å². The number of hydrogen-bond acceptors (Lipinski definition) is 6. The Hall–Kier alpha value is -2.46. The van der Waals surface area contributed by atoms with E-state index in [2.05, 4.69) is 15.0 Å². The molecule has 2 aliphatic rings. The number of rotatable bonds is 8. The molecule has 36 heavy (non-hydrogen) atoms. The molecule has 1 aliphatic heterocycles. The minimum Gasteiger partial charge on any atom is -0.460 e. The van der Waals surface area contributed by atoms with E-state index in [1.165, 1.54) is 11.3 Å². The Balaban J connectivity index is 1.03. The molecule has 0 unspecified atom stereocenters. The quantitative estimate of drug-likeness (QED) is 0.362. The van der Waals surface area contributed by atoms with Gasteiger partial charge in [0.15, 0.2) is 12.4 Å². The van der Waals surface area contributed by atoms with Crippen LogP contribution in [-0.2, 0) is 12.8 Å². The fourth-order valence-corrected chi connectivity index (χ4v) is 6.37. The van der Waals surface area contributed by atoms with Crippen LogP contribution < -0.4 is 4.74 Å². The van der Waals surface area contributed by atoms with E-state index in [1.54, 1.807) is 10.7 Å². The summed E-state index contributed by atoms with van der Waals surface area (Å²) >= 11 is 1.25. The fraction of sp³-hybridized carbons (Fsp3) is 0.577. The summed E-state index contributed by atoms with van der Waals surface area (Å²) < 4.78 is 43.8. The van der Waals surface area contributed by atoms with Crippen molar-refractivity contribution in [2.75, 3.05) is 26.2 Å². The van der Waals surface area contributed by atoms with Crippen LogP contribution in [0.2, 0.25) is 0 Å². The molecular formula is C26H31F3N4O2S. The molecule has 3 aromatic rings. The van der Waals surface area contributed by atoms with Gasteiger partial charge in [-0.3, -0.25) is 4.79 Å². The largest absolute Gasteiger partial charge is 0.460 e. The Kier molecular flexibility index (Phi) is 7.62. The second-order valence-corrected chi connectivity index (χ2v) is 11.0. The van der Waals surface area contributed by atoms with Crippen molar-refractivity contribution in [3.8, 4) is 5.19 Å². The van der Waals surface area contributed by atoms with Crippen LogP contribution in [0.5, 0.6) is 5.19 Å². The molecule has 1 fully saturated rings. The third-order valence-electron chi connectivity index (χ3n) is 7.46. The summed E-state index contributed by atoms with van der Waals surface area (Å²) in [6, 6.07) is 5.78. The molecule has 1 aliphatic carbocycles. The first-order valence-electron chi connectivity index (χ1n) is 12.7. The monoisotopic (exact) mass is 520 g/mol. The van der Waals surface area contributed by atoms with Crippen LogP contribution in [0.15, 0.2) is 30.6 Å². The molecule has 0 N–H and O–H groups in total. The number of thiazole rings is 1. The van der Waals surface area contributed by atoms with Crippen molar-refractivity contribution in [1.29, 1.82) is 0 Å². The van der Waals surface area contributed by atoms with E-state index in [0.717, 1.165) is 86.2 Å². The zero-order valence-corrected chi connectivity index (χ0v) is 21.0. The summed E-state index contributed by atoms with van der Waals surface area (Å²) in [5, 5.41) is 4.42. The van der Waals surface area contributed by atoms with E-state index in [0.29, 0.717) is 18.3 Å². The second-order valence-electron chi connectivity index (χ2n) is 9.99. The first-order chi connectivity index (χ1) is 17.3. The summed E-state index contributed by atoms with van der Waals surface area (Å²) in [5.41, 5.74) is 2.49. The molecule has 0 spiro atoms. The number of aromatic nitrogens is 3. The predicted octanol–water partition coefficient (Wildman–Crippen LogP) is 5.60. The highest BCUT2D eigenvalue weighted by atomic mass is 32.1. The van der Waals surface area contributed by atoms with Crippen molar-refractivity contribution in [3.63, 3.8) is 0 Å². The number of carbonyl (C=O) groups excluding carboxylic acids is 1. The van der Waals surface area contributed by atoms with E-state index >= 15 is 0 Å². The van der Waals surface area contributed by atoms with E-state index in [-0.39, 0.29) is 11.0 Å². The molecule has 1 saturated carbocycles.